The molecule has 4 nitrogen and oxygen atoms in total. The number of H-pyrrole nitrogens is 1. The number of nitrogens with zero attached hydrogens (tertiary/aromatic N) is 2. The second kappa shape index (κ2) is 3.56. The topological polar surface area (TPSA) is 67.6 Å². The minimum atomic E-state index is 0.341. The molecule has 4 heteroatoms. The molecule has 84 valence electrons. The Bertz CT molecular complexity index is 517. The van der Waals surface area contributed by atoms with Crippen molar-refractivity contribution in [2.75, 3.05) is 0 Å². The van der Waals surface area contributed by atoms with Crippen LogP contribution in [0.2, 0.25) is 0 Å². The number of pyridine rings is 1. The summed E-state index contributed by atoms with van der Waals surface area (Å²) in [6.45, 7) is 1.99. The van der Waals surface area contributed by atoms with Gasteiger partial charge in [0.15, 0.2) is 5.65 Å². The number of hydrogen-bond acceptors (Lipinski definition) is 3. The first kappa shape index (κ1) is 9.78. The van der Waals surface area contributed by atoms with Crippen LogP contribution in [0.5, 0.6) is 0 Å². The number of nitrogens with one attached hydrogen (secondary N) is 1. The van der Waals surface area contributed by atoms with Crippen molar-refractivity contribution < 1.29 is 0 Å². The molecule has 2 aromatic heterocycles. The first-order chi connectivity index (χ1) is 7.72. The number of hydrogen-bond donors (Lipinski definition) is 2. The van der Waals surface area contributed by atoms with Gasteiger partial charge in [-0.25, -0.2) is 9.97 Å². The van der Waals surface area contributed by atoms with Crippen molar-refractivity contribution in [3.8, 4) is 0 Å². The third-order valence-corrected chi connectivity index (χ3v) is 3.36. The first-order valence-electron chi connectivity index (χ1n) is 5.81. The molecule has 2 heterocycles. The third kappa shape index (κ3) is 1.59. The van der Waals surface area contributed by atoms with Gasteiger partial charge in [0.2, 0.25) is 0 Å². The zero-order valence-electron chi connectivity index (χ0n) is 9.40. The molecule has 2 atom stereocenters. The van der Waals surface area contributed by atoms with Crippen molar-refractivity contribution in [3.05, 3.63) is 23.7 Å². The van der Waals surface area contributed by atoms with Gasteiger partial charge >= 0.3 is 0 Å². The normalized spacial score (nSPS) is 25.4. The van der Waals surface area contributed by atoms with E-state index in [1.807, 2.05) is 19.1 Å². The van der Waals surface area contributed by atoms with Gasteiger partial charge in [-0.3, -0.25) is 0 Å². The van der Waals surface area contributed by atoms with Gasteiger partial charge in [0.1, 0.15) is 5.82 Å². The highest BCUT2D eigenvalue weighted by atomic mass is 15.0. The van der Waals surface area contributed by atoms with E-state index in [1.165, 1.54) is 0 Å². The highest BCUT2D eigenvalue weighted by Crippen LogP contribution is 2.32. The Morgan fingerprint density at radius 3 is 2.94 bits per heavy atom. The second-order valence-electron chi connectivity index (χ2n) is 4.72. The Morgan fingerprint density at radius 2 is 2.19 bits per heavy atom. The van der Waals surface area contributed by atoms with Gasteiger partial charge in [-0.2, -0.15) is 0 Å². The van der Waals surface area contributed by atoms with E-state index in [-0.39, 0.29) is 0 Å². The molecular formula is C12H16N4. The fourth-order valence-corrected chi connectivity index (χ4v) is 2.46. The Labute approximate surface area is 94.3 Å². The summed E-state index contributed by atoms with van der Waals surface area (Å²) in [5.41, 5.74) is 8.79. The molecule has 0 aliphatic heterocycles. The van der Waals surface area contributed by atoms with Gasteiger partial charge in [0.05, 0.1) is 5.52 Å². The van der Waals surface area contributed by atoms with Gasteiger partial charge in [0.25, 0.3) is 0 Å². The molecule has 1 saturated carbocycles. The summed E-state index contributed by atoms with van der Waals surface area (Å²) in [6, 6.07) is 4.39. The van der Waals surface area contributed by atoms with E-state index in [9.17, 15) is 0 Å². The van der Waals surface area contributed by atoms with Crippen LogP contribution in [0.4, 0.5) is 0 Å². The number of rotatable bonds is 1. The predicted molar refractivity (Wildman–Crippen MR) is 63.2 cm³/mol. The van der Waals surface area contributed by atoms with Gasteiger partial charge in [0, 0.05) is 17.7 Å². The zero-order valence-corrected chi connectivity index (χ0v) is 9.40. The number of aryl methyl sites for hydroxylation is 1. The van der Waals surface area contributed by atoms with Crippen LogP contribution in [-0.4, -0.2) is 21.0 Å². The van der Waals surface area contributed by atoms with E-state index in [2.05, 4.69) is 15.0 Å². The van der Waals surface area contributed by atoms with Crippen LogP contribution >= 0.6 is 0 Å². The minimum Gasteiger partial charge on any atom is -0.340 e. The van der Waals surface area contributed by atoms with Crippen LogP contribution in [0.25, 0.3) is 11.2 Å². The van der Waals surface area contributed by atoms with Crippen LogP contribution in [0.15, 0.2) is 12.1 Å². The molecule has 3 rings (SSSR count). The maximum absolute atomic E-state index is 5.92. The van der Waals surface area contributed by atoms with E-state index in [1.54, 1.807) is 0 Å². The molecule has 2 aromatic rings. The molecule has 1 aliphatic carbocycles. The van der Waals surface area contributed by atoms with E-state index < -0.39 is 0 Å². The summed E-state index contributed by atoms with van der Waals surface area (Å²) < 4.78 is 0. The van der Waals surface area contributed by atoms with E-state index >= 15 is 0 Å². The molecule has 0 saturated heterocycles. The summed E-state index contributed by atoms with van der Waals surface area (Å²) >= 11 is 0. The van der Waals surface area contributed by atoms with Crippen molar-refractivity contribution in [3.63, 3.8) is 0 Å². The average Bonchev–Trinajstić information content (AvgIpc) is 2.83. The van der Waals surface area contributed by atoms with Gasteiger partial charge in [-0.15, -0.1) is 0 Å². The van der Waals surface area contributed by atoms with Crippen molar-refractivity contribution in [1.82, 2.24) is 15.0 Å². The lowest BCUT2D eigenvalue weighted by atomic mass is 10.1. The van der Waals surface area contributed by atoms with E-state index in [0.717, 1.165) is 41.9 Å². The molecule has 1 aliphatic rings. The van der Waals surface area contributed by atoms with Crippen molar-refractivity contribution in [2.24, 2.45) is 5.73 Å². The predicted octanol–water partition coefficient (Wildman–Crippen LogP) is 1.86. The number of aromatic nitrogens is 3. The molecule has 0 spiro atoms. The lowest BCUT2D eigenvalue weighted by Gasteiger charge is -2.04. The van der Waals surface area contributed by atoms with Crippen LogP contribution in [0.1, 0.15) is 36.7 Å². The van der Waals surface area contributed by atoms with Gasteiger partial charge < -0.3 is 10.7 Å². The third-order valence-electron chi connectivity index (χ3n) is 3.36. The smallest absolute Gasteiger partial charge is 0.177 e. The van der Waals surface area contributed by atoms with E-state index in [0.29, 0.717) is 12.0 Å². The maximum Gasteiger partial charge on any atom is 0.177 e. The SMILES string of the molecule is Cc1ccc2[nH]c(C3CCC(N)C3)nc2n1. The Morgan fingerprint density at radius 1 is 1.31 bits per heavy atom. The van der Waals surface area contributed by atoms with Crippen molar-refractivity contribution in [2.45, 2.75) is 38.1 Å². The summed E-state index contributed by atoms with van der Waals surface area (Å²) in [6.07, 6.45) is 3.28. The summed E-state index contributed by atoms with van der Waals surface area (Å²) in [7, 11) is 0. The van der Waals surface area contributed by atoms with E-state index in [4.69, 9.17) is 5.73 Å². The van der Waals surface area contributed by atoms with Gasteiger partial charge in [-0.05, 0) is 38.3 Å². The molecule has 0 bridgehead atoms. The summed E-state index contributed by atoms with van der Waals surface area (Å²) in [4.78, 5) is 12.3. The molecule has 0 aromatic carbocycles. The lowest BCUT2D eigenvalue weighted by Crippen LogP contribution is -2.14. The molecule has 1 fully saturated rings. The zero-order chi connectivity index (χ0) is 11.1. The number of fused-ring (bicyclic) bond motifs is 1. The largest absolute Gasteiger partial charge is 0.340 e. The Kier molecular flexibility index (Phi) is 2.17. The highest BCUT2D eigenvalue weighted by Gasteiger charge is 2.25. The molecule has 0 amide bonds. The summed E-state index contributed by atoms with van der Waals surface area (Å²) in [5, 5.41) is 0. The van der Waals surface area contributed by atoms with Crippen molar-refractivity contribution in [1.29, 1.82) is 0 Å². The van der Waals surface area contributed by atoms with Crippen LogP contribution in [-0.2, 0) is 0 Å². The monoisotopic (exact) mass is 216 g/mol. The fourth-order valence-electron chi connectivity index (χ4n) is 2.46. The van der Waals surface area contributed by atoms with Gasteiger partial charge in [-0.1, -0.05) is 0 Å². The molecule has 16 heavy (non-hydrogen) atoms. The molecular weight excluding hydrogens is 200 g/mol. The minimum absolute atomic E-state index is 0.341. The first-order valence-corrected chi connectivity index (χ1v) is 5.81. The van der Waals surface area contributed by atoms with Crippen LogP contribution in [0, 0.1) is 6.92 Å². The standard InChI is InChI=1S/C12H16N4/c1-7-2-5-10-12(14-7)16-11(15-10)8-3-4-9(13)6-8/h2,5,8-9H,3-4,6,13H2,1H3,(H,14,15,16). The molecule has 0 radical (unpaired) electrons. The molecule has 3 N–H and O–H groups in total. The molecule has 2 unspecified atom stereocenters. The lowest BCUT2D eigenvalue weighted by molar-refractivity contribution is 0.651. The maximum atomic E-state index is 5.92. The highest BCUT2D eigenvalue weighted by molar-refractivity contribution is 5.70. The quantitative estimate of drug-likeness (QED) is 0.764. The number of nitrogens with two attached hydrogens (primary N) is 1. The Hall–Kier alpha value is -1.42. The second-order valence-corrected chi connectivity index (χ2v) is 4.72. The number of imidazole rings is 1. The summed E-state index contributed by atoms with van der Waals surface area (Å²) in [5.74, 6) is 1.55. The fraction of sp³-hybridized carbons (Fsp3) is 0.500. The average molecular weight is 216 g/mol. The van der Waals surface area contributed by atoms with Crippen molar-refractivity contribution >= 4 is 11.2 Å². The Balaban J connectivity index is 1.99. The van der Waals surface area contributed by atoms with Crippen LogP contribution < -0.4 is 5.73 Å². The van der Waals surface area contributed by atoms with Crippen LogP contribution in [0.3, 0.4) is 0 Å². The number of aromatic amines is 1.